The van der Waals surface area contributed by atoms with Crippen molar-refractivity contribution in [1.29, 1.82) is 0 Å². The molecule has 0 aliphatic carbocycles. The largest absolute Gasteiger partial charge is 1.00 e. The molecule has 34 fully saturated rings. The van der Waals surface area contributed by atoms with Gasteiger partial charge in [-0.05, 0) is 97.4 Å². The molecule has 34 rings (SSSR count). The van der Waals surface area contributed by atoms with Crippen LogP contribution in [0.3, 0.4) is 0 Å². The number of hydrogen-bond acceptors (Lipinski definition) is 56. The van der Waals surface area contributed by atoms with Crippen LogP contribution in [0.2, 0.25) is 0 Å². The molecular weight excluding hydrogens is 2090 g/mol. The van der Waals surface area contributed by atoms with Crippen molar-refractivity contribution in [3.05, 3.63) is 0 Å². The number of aliphatic hydroxyl groups is 14. The van der Waals surface area contributed by atoms with Gasteiger partial charge in [0.05, 0.1) is 48.8 Å². The summed E-state index contributed by atoms with van der Waals surface area (Å²) in [6, 6.07) is 0. The van der Waals surface area contributed by atoms with E-state index in [9.17, 15) is 151 Å². The fourth-order valence-electron chi connectivity index (χ4n) is 15.2. The number of aliphatic carboxylic acids is 8. The van der Waals surface area contributed by atoms with Crippen LogP contribution in [0.1, 0.15) is 51.4 Å². The van der Waals surface area contributed by atoms with Crippen molar-refractivity contribution in [3.63, 3.8) is 0 Å². The van der Waals surface area contributed by atoms with E-state index in [1.807, 2.05) is 0 Å². The predicted octanol–water partition coefficient (Wildman–Crippen LogP) is -41.3. The molecule has 34 aliphatic heterocycles. The van der Waals surface area contributed by atoms with Crippen molar-refractivity contribution in [2.24, 2.45) is 0 Å². The molecular formula is C73H104Na8O48S8. The summed E-state index contributed by atoms with van der Waals surface area (Å²) < 4.78 is 114. The van der Waals surface area contributed by atoms with Crippen LogP contribution < -0.4 is 277 Å². The van der Waals surface area contributed by atoms with Crippen LogP contribution >= 0.6 is 94.1 Å². The Balaban J connectivity index is 0.00000793. The normalized spacial score (nSPS) is 39.3. The number of aliphatic hydroxyl groups excluding tert-OH is 14. The van der Waals surface area contributed by atoms with Crippen LogP contribution in [-0.2, 0) is 124 Å². The zero-order chi connectivity index (χ0) is 93.8. The summed E-state index contributed by atoms with van der Waals surface area (Å²) in [5, 5.41) is 266. The monoisotopic (exact) mass is 2190 g/mol. The van der Waals surface area contributed by atoms with E-state index in [1.165, 1.54) is 0 Å². The van der Waals surface area contributed by atoms with Gasteiger partial charge in [-0.3, -0.25) is 0 Å². The van der Waals surface area contributed by atoms with Crippen molar-refractivity contribution in [2.45, 2.75) is 297 Å². The zero-order valence-corrected chi connectivity index (χ0v) is 98.7. The van der Waals surface area contributed by atoms with E-state index in [0.29, 0.717) is 0 Å². The second-order valence-electron chi connectivity index (χ2n) is 31.0. The third-order valence-corrected chi connectivity index (χ3v) is 30.2. The minimum Gasteiger partial charge on any atom is -0.550 e. The maximum absolute atomic E-state index is 12.6. The molecule has 0 aromatic rings. The number of rotatable bonds is 40. The third-order valence-electron chi connectivity index (χ3n) is 21.8. The first-order chi connectivity index (χ1) is 61.4. The van der Waals surface area contributed by atoms with Crippen LogP contribution in [0.15, 0.2) is 0 Å². The smallest absolute Gasteiger partial charge is 0.550 e. The maximum atomic E-state index is 12.6. The molecule has 34 heterocycles. The molecule has 0 unspecified atom stereocenters. The molecule has 0 aromatic heterocycles. The Morgan fingerprint density at radius 3 is 0.511 bits per heavy atom. The number of carbonyl (C=O) groups is 8. The number of carbonyl (C=O) groups excluding carboxylic acids is 8. The van der Waals surface area contributed by atoms with Crippen LogP contribution in [0.4, 0.5) is 0 Å². The number of ether oxygens (including phenoxy) is 18. The van der Waals surface area contributed by atoms with Gasteiger partial charge in [-0.25, -0.2) is 0 Å². The number of thioether (sulfide) groups is 8. The summed E-state index contributed by atoms with van der Waals surface area (Å²) in [6.07, 6.45) is -84.3. The van der Waals surface area contributed by atoms with E-state index < -0.39 is 380 Å². The van der Waals surface area contributed by atoms with Gasteiger partial charge in [-0.1, -0.05) is 0 Å². The second kappa shape index (κ2) is 69.3. The van der Waals surface area contributed by atoms with E-state index >= 15 is 0 Å². The first-order valence-corrected chi connectivity index (χ1v) is 50.1. The summed E-state index contributed by atoms with van der Waals surface area (Å²) in [5.74, 6) is -16.7. The molecule has 0 radical (unpaired) electrons. The summed E-state index contributed by atoms with van der Waals surface area (Å²) in [7, 11) is 0. The molecule has 0 amide bonds. The number of carboxylic acids is 8. The Morgan fingerprint density at radius 2 is 0.328 bits per heavy atom. The van der Waals surface area contributed by atoms with Crippen molar-refractivity contribution in [3.8, 4) is 0 Å². The molecule has 137 heavy (non-hydrogen) atoms. The molecule has 0 spiro atoms. The second-order valence-corrected chi connectivity index (χ2v) is 40.2. The van der Waals surface area contributed by atoms with Crippen LogP contribution in [0.25, 0.3) is 0 Å². The van der Waals surface area contributed by atoms with Gasteiger partial charge in [-0.15, -0.1) is 0 Å². The van der Waals surface area contributed by atoms with E-state index in [4.69, 9.17) is 85.3 Å². The summed E-state index contributed by atoms with van der Waals surface area (Å²) >= 11 is 6.90. The molecule has 0 aromatic carbocycles. The van der Waals surface area contributed by atoms with E-state index in [0.717, 1.165) is 94.1 Å². The topological polar surface area (TPSA) is 770 Å². The van der Waals surface area contributed by atoms with E-state index in [1.54, 1.807) is 0 Å². The van der Waals surface area contributed by atoms with Gasteiger partial charge in [0.2, 0.25) is 0 Å². The molecule has 64 heteroatoms. The molecule has 34 saturated heterocycles. The van der Waals surface area contributed by atoms with Crippen molar-refractivity contribution < 1.29 is 472 Å². The van der Waals surface area contributed by atoms with Gasteiger partial charge in [0, 0.05) is 93.8 Å². The van der Waals surface area contributed by atoms with Crippen molar-refractivity contribution in [1.82, 2.24) is 0 Å². The number of carboxylic acid groups (broad SMARTS) is 8. The minimum atomic E-state index is -2.35. The third kappa shape index (κ3) is 40.8. The molecule has 34 aliphatic rings. The van der Waals surface area contributed by atoms with Gasteiger partial charge in [0.15, 0.2) is 50.3 Å². The van der Waals surface area contributed by atoms with E-state index in [-0.39, 0.29) is 300 Å². The summed E-state index contributed by atoms with van der Waals surface area (Å²) in [6.45, 7) is -0.918. The Kier molecular flexibility index (Phi) is 70.0. The standard InChI is InChI=1S/C73H112O48S8.8Na/c74-34(75)1-9-122-17-26-56-42(90)49(97)67(107-26)116-58-28(19-124-11-3-36(78)79)109-69(51(99)44(58)92)118-60-30(21-126-13-5-38(82)83)111-71(53(101)46(60)94)120-62-32(23-128-15-7-40(86)87)113-73-65(54(62)102)105-25-104-64-55(103)72(112-33(63(64)121-73)24-129-16-8-41(88)89)119-61-31(22-127-14-6-39(84)85)110-70(52(100)47(61)95)117-59-29(20-125-12-4-37(80)81)108-68(50(98)45(59)93)115-57-27(18-123-10-2-35(76)77)106-66(114-56)48(96)43(57)91;;;;;;;;/h26-33,42-73,90-103H,1-25H2,(H,74,75)(H,76,77)(H,78,79)(H,80,81)(H,82,83)(H,84,85)(H,86,87)(H,88,89);;;;;;;;/q;8*+1/p-8/t26-,27-,28-,29-,30-,31-,32-,33-,42-,43-,44-,45-,46-,47-,48-,49-,50-,51-,52-,53-,54+,55-,56-,57-,58-,59-,60-,61-,62-,63-,64-,65-,66-,67-,68-,69-,70-,71-,72-,73-;;;;;;;;/m1......../s1. The predicted molar refractivity (Wildman–Crippen MR) is 423 cm³/mol. The molecule has 0 saturated carbocycles. The first-order valence-electron chi connectivity index (χ1n) is 40.9. The van der Waals surface area contributed by atoms with Crippen molar-refractivity contribution in [2.75, 3.05) is 98.8 Å². The molecule has 18 bridgehead atoms. The first kappa shape index (κ1) is 138. The van der Waals surface area contributed by atoms with Crippen molar-refractivity contribution >= 4 is 142 Å². The average Bonchev–Trinajstić information content (AvgIpc) is 0.760. The Hall–Kier alpha value is 5.28. The van der Waals surface area contributed by atoms with Gasteiger partial charge < -0.3 is 236 Å². The Morgan fingerprint density at radius 1 is 0.182 bits per heavy atom. The summed E-state index contributed by atoms with van der Waals surface area (Å²) in [4.78, 5) is 93.7. The quantitative estimate of drug-likeness (QED) is 0.0200. The zero-order valence-electron chi connectivity index (χ0n) is 76.2. The fraction of sp³-hybridized carbons (Fsp3) is 0.890. The van der Waals surface area contributed by atoms with Gasteiger partial charge in [0.1, 0.15) is 153 Å². The van der Waals surface area contributed by atoms with E-state index in [2.05, 4.69) is 0 Å². The van der Waals surface area contributed by atoms with Crippen LogP contribution in [0, 0.1) is 0 Å². The fourth-order valence-corrected chi connectivity index (χ4v) is 23.0. The Bertz CT molecular complexity index is 3550. The summed E-state index contributed by atoms with van der Waals surface area (Å²) in [5.41, 5.74) is 0. The molecule has 740 valence electrons. The Labute approximate surface area is 996 Å². The minimum absolute atomic E-state index is 0. The van der Waals surface area contributed by atoms with Gasteiger partial charge >= 0.3 is 236 Å². The molecule has 40 atom stereocenters. The SMILES string of the molecule is O=C([O-])CCSC[C@H]1O[C@@H]2O[C@H]3[C@H](O)[C@@H](O)[C@@H](O[C@H]4[C@H](O)[C@@H](O)[C@@H](O[C@H]5[C@H](O)[C@H]6OCO[C@@H]7[C@@H](O)[C@@H](O[C@H]8[C@H](O)[C@@H](O)[C@@H](O[C@H]9[C@H](O)[C@@H](O)[C@@H](O[C@H]%10[C@H](O)[C@@H](O)[C@@H](O[C@H]1[C@H](O)[C@H]2O)O[C@@H]%10CSCCC(=O)[O-])O[C@@H]9CSCCC(=O)[O-])O[C@@H]8CSCCC(=O)[O-])O[C@H](CSCCC(=O)[O-])[C@H]7O[C@H]6O[C@@H]5CSCCC(=O)[O-])O[C@@H]4CSCCC(=O)[O-])O[C@@H]3CSCCC(=O)[O-].[Na+].[Na+].[Na+].[Na+].[Na+].[Na+].[Na+].[Na+]. The van der Waals surface area contributed by atoms with Gasteiger partial charge in [-0.2, -0.15) is 94.1 Å². The number of hydrogen-bond donors (Lipinski definition) is 14. The van der Waals surface area contributed by atoms with Crippen LogP contribution in [0.5, 0.6) is 0 Å². The van der Waals surface area contributed by atoms with Gasteiger partial charge in [0.25, 0.3) is 0 Å². The maximum Gasteiger partial charge on any atom is 1.00 e. The molecule has 14 N–H and O–H groups in total. The average molecular weight is 2190 g/mol. The van der Waals surface area contributed by atoms with Crippen LogP contribution in [-0.4, -0.2) is 464 Å². The molecule has 48 nitrogen and oxygen atoms in total.